The monoisotopic (exact) mass is 282 g/mol. The Balaban J connectivity index is 0.00000180. The molecule has 0 spiro atoms. The molecule has 0 aromatic heterocycles. The first-order valence-electron chi connectivity index (χ1n) is 6.69. The van der Waals surface area contributed by atoms with Gasteiger partial charge in [0.05, 0.1) is 0 Å². The van der Waals surface area contributed by atoms with Gasteiger partial charge in [-0.05, 0) is 24.8 Å². The number of amides is 1. The van der Waals surface area contributed by atoms with E-state index >= 15 is 0 Å². The third-order valence-electron chi connectivity index (χ3n) is 4.08. The molecule has 3 atom stereocenters. The van der Waals surface area contributed by atoms with Gasteiger partial charge in [-0.1, -0.05) is 37.3 Å². The van der Waals surface area contributed by atoms with Gasteiger partial charge in [0.25, 0.3) is 0 Å². The van der Waals surface area contributed by atoms with Crippen LogP contribution in [0, 0.1) is 5.92 Å². The third kappa shape index (κ3) is 3.71. The maximum absolute atomic E-state index is 12.2. The van der Waals surface area contributed by atoms with Gasteiger partial charge in [0.2, 0.25) is 5.91 Å². The molecule has 0 bridgehead atoms. The van der Waals surface area contributed by atoms with Gasteiger partial charge in [-0.15, -0.1) is 12.4 Å². The van der Waals surface area contributed by atoms with Gasteiger partial charge in [0.15, 0.2) is 0 Å². The van der Waals surface area contributed by atoms with Crippen LogP contribution in [0.2, 0.25) is 0 Å². The lowest BCUT2D eigenvalue weighted by Crippen LogP contribution is -2.37. The maximum atomic E-state index is 12.2. The Bertz CT molecular complexity index is 410. The number of likely N-dealkylation sites (tertiary alicyclic amines) is 1. The summed E-state index contributed by atoms with van der Waals surface area (Å²) in [7, 11) is 0. The van der Waals surface area contributed by atoms with Crippen LogP contribution >= 0.6 is 12.4 Å². The van der Waals surface area contributed by atoms with Crippen molar-refractivity contribution in [1.29, 1.82) is 0 Å². The average Bonchev–Trinajstić information content (AvgIpc) is 2.71. The van der Waals surface area contributed by atoms with Crippen molar-refractivity contribution in [2.45, 2.75) is 38.8 Å². The summed E-state index contributed by atoms with van der Waals surface area (Å²) in [6.07, 6.45) is 1.51. The molecule has 1 aliphatic rings. The van der Waals surface area contributed by atoms with Crippen molar-refractivity contribution in [2.75, 3.05) is 6.54 Å². The van der Waals surface area contributed by atoms with E-state index in [2.05, 4.69) is 13.8 Å². The van der Waals surface area contributed by atoms with Crippen molar-refractivity contribution in [3.05, 3.63) is 35.9 Å². The number of nitrogens with two attached hydrogens (primary N) is 1. The summed E-state index contributed by atoms with van der Waals surface area (Å²) in [5.41, 5.74) is 7.13. The molecule has 106 valence electrons. The fourth-order valence-electron chi connectivity index (χ4n) is 2.57. The Morgan fingerprint density at radius 2 is 2.00 bits per heavy atom. The first kappa shape index (κ1) is 16.0. The van der Waals surface area contributed by atoms with Crippen molar-refractivity contribution in [1.82, 2.24) is 4.90 Å². The number of hydrogen-bond donors (Lipinski definition) is 1. The molecule has 3 nitrogen and oxygen atoms in total. The highest BCUT2D eigenvalue weighted by atomic mass is 35.5. The molecule has 1 aromatic rings. The highest BCUT2D eigenvalue weighted by Crippen LogP contribution is 2.25. The van der Waals surface area contributed by atoms with Gasteiger partial charge in [0.1, 0.15) is 0 Å². The molecule has 1 saturated heterocycles. The number of rotatable bonds is 3. The van der Waals surface area contributed by atoms with Crippen LogP contribution in [-0.2, 0) is 4.79 Å². The average molecular weight is 283 g/mol. The number of hydrogen-bond acceptors (Lipinski definition) is 2. The van der Waals surface area contributed by atoms with Crippen LogP contribution in [0.4, 0.5) is 0 Å². The molecular weight excluding hydrogens is 260 g/mol. The molecule has 1 amide bonds. The molecule has 1 aliphatic heterocycles. The number of carbonyl (C=O) groups excluding carboxylic acids is 1. The molecule has 2 N–H and O–H groups in total. The SMILES string of the molecule is CC1CCN(C(=O)CC(N)c2ccccc2)C1C.Cl. The smallest absolute Gasteiger partial charge is 0.224 e. The molecule has 0 saturated carbocycles. The second-order valence-electron chi connectivity index (χ2n) is 5.31. The minimum absolute atomic E-state index is 0. The standard InChI is InChI=1S/C15H22N2O.ClH/c1-11-8-9-17(12(11)2)15(18)10-14(16)13-6-4-3-5-7-13;/h3-7,11-12,14H,8-10,16H2,1-2H3;1H. The first-order valence-corrected chi connectivity index (χ1v) is 6.69. The minimum Gasteiger partial charge on any atom is -0.340 e. The number of benzene rings is 1. The number of carbonyl (C=O) groups is 1. The van der Waals surface area contributed by atoms with Gasteiger partial charge in [-0.2, -0.15) is 0 Å². The quantitative estimate of drug-likeness (QED) is 0.927. The summed E-state index contributed by atoms with van der Waals surface area (Å²) in [6, 6.07) is 9.99. The van der Waals surface area contributed by atoms with Crippen molar-refractivity contribution in [3.63, 3.8) is 0 Å². The van der Waals surface area contributed by atoms with E-state index in [9.17, 15) is 4.79 Å². The molecule has 19 heavy (non-hydrogen) atoms. The van der Waals surface area contributed by atoms with E-state index in [-0.39, 0.29) is 24.4 Å². The largest absolute Gasteiger partial charge is 0.340 e. The predicted molar refractivity (Wildman–Crippen MR) is 80.2 cm³/mol. The molecule has 2 rings (SSSR count). The predicted octanol–water partition coefficient (Wildman–Crippen LogP) is 2.76. The zero-order chi connectivity index (χ0) is 13.1. The molecule has 4 heteroatoms. The van der Waals surface area contributed by atoms with Crippen molar-refractivity contribution < 1.29 is 4.79 Å². The van der Waals surface area contributed by atoms with E-state index in [0.29, 0.717) is 18.4 Å². The van der Waals surface area contributed by atoms with Gasteiger partial charge >= 0.3 is 0 Å². The summed E-state index contributed by atoms with van der Waals surface area (Å²) in [5.74, 6) is 0.783. The van der Waals surface area contributed by atoms with Crippen LogP contribution in [0.5, 0.6) is 0 Å². The Morgan fingerprint density at radius 3 is 2.53 bits per heavy atom. The van der Waals surface area contributed by atoms with Crippen LogP contribution in [0.25, 0.3) is 0 Å². The van der Waals surface area contributed by atoms with Gasteiger partial charge in [0, 0.05) is 25.0 Å². The van der Waals surface area contributed by atoms with E-state index in [0.717, 1.165) is 18.5 Å². The Labute approximate surface area is 121 Å². The van der Waals surface area contributed by atoms with Gasteiger partial charge < -0.3 is 10.6 Å². The van der Waals surface area contributed by atoms with Crippen LogP contribution in [0.3, 0.4) is 0 Å². The number of halogens is 1. The van der Waals surface area contributed by atoms with E-state index in [1.165, 1.54) is 0 Å². The Morgan fingerprint density at radius 1 is 1.37 bits per heavy atom. The van der Waals surface area contributed by atoms with Crippen LogP contribution in [0.15, 0.2) is 30.3 Å². The van der Waals surface area contributed by atoms with Crippen LogP contribution < -0.4 is 5.73 Å². The molecule has 3 unspecified atom stereocenters. The minimum atomic E-state index is -0.193. The fraction of sp³-hybridized carbons (Fsp3) is 0.533. The first-order chi connectivity index (χ1) is 8.59. The van der Waals surface area contributed by atoms with Crippen LogP contribution in [0.1, 0.15) is 38.3 Å². The normalized spacial score (nSPS) is 23.8. The second-order valence-corrected chi connectivity index (χ2v) is 5.31. The molecule has 0 aliphatic carbocycles. The topological polar surface area (TPSA) is 46.3 Å². The summed E-state index contributed by atoms with van der Waals surface area (Å²) < 4.78 is 0. The highest BCUT2D eigenvalue weighted by molar-refractivity contribution is 5.85. The zero-order valence-electron chi connectivity index (χ0n) is 11.6. The second kappa shape index (κ2) is 6.92. The summed E-state index contributed by atoms with van der Waals surface area (Å²) >= 11 is 0. The third-order valence-corrected chi connectivity index (χ3v) is 4.08. The lowest BCUT2D eigenvalue weighted by atomic mass is 10.0. The lowest BCUT2D eigenvalue weighted by molar-refractivity contribution is -0.132. The molecule has 0 radical (unpaired) electrons. The van der Waals surface area contributed by atoms with Crippen LogP contribution in [-0.4, -0.2) is 23.4 Å². The lowest BCUT2D eigenvalue weighted by Gasteiger charge is -2.25. The van der Waals surface area contributed by atoms with Gasteiger partial charge in [-0.25, -0.2) is 0 Å². The summed E-state index contributed by atoms with van der Waals surface area (Å²) in [4.78, 5) is 14.2. The molecular formula is C15H23ClN2O. The Kier molecular flexibility index (Phi) is 5.83. The Hall–Kier alpha value is -1.06. The van der Waals surface area contributed by atoms with E-state index in [4.69, 9.17) is 5.73 Å². The van der Waals surface area contributed by atoms with Gasteiger partial charge in [-0.3, -0.25) is 4.79 Å². The van der Waals surface area contributed by atoms with Crippen molar-refractivity contribution >= 4 is 18.3 Å². The summed E-state index contributed by atoms with van der Waals surface area (Å²) in [6.45, 7) is 5.21. The van der Waals surface area contributed by atoms with E-state index < -0.39 is 0 Å². The highest BCUT2D eigenvalue weighted by Gasteiger charge is 2.31. The zero-order valence-corrected chi connectivity index (χ0v) is 12.4. The molecule has 1 fully saturated rings. The molecule has 1 aromatic carbocycles. The number of nitrogens with zero attached hydrogens (tertiary/aromatic N) is 1. The maximum Gasteiger partial charge on any atom is 0.224 e. The fourth-order valence-corrected chi connectivity index (χ4v) is 2.57. The van der Waals surface area contributed by atoms with Crippen molar-refractivity contribution in [2.24, 2.45) is 11.7 Å². The summed E-state index contributed by atoms with van der Waals surface area (Å²) in [5, 5.41) is 0. The van der Waals surface area contributed by atoms with Crippen molar-refractivity contribution in [3.8, 4) is 0 Å². The van der Waals surface area contributed by atoms with E-state index in [1.807, 2.05) is 35.2 Å². The molecule has 1 heterocycles. The van der Waals surface area contributed by atoms with E-state index in [1.54, 1.807) is 0 Å².